The number of carbonyl (C=O) groups is 3. The summed E-state index contributed by atoms with van der Waals surface area (Å²) in [6.45, 7) is 0.982. The van der Waals surface area contributed by atoms with Crippen molar-refractivity contribution in [2.75, 3.05) is 12.3 Å². The van der Waals surface area contributed by atoms with Gasteiger partial charge in [-0.15, -0.1) is 0 Å². The highest BCUT2D eigenvalue weighted by Gasteiger charge is 2.14. The van der Waals surface area contributed by atoms with Gasteiger partial charge in [0.15, 0.2) is 6.61 Å². The zero-order valence-electron chi connectivity index (χ0n) is 9.60. The molecule has 0 radical (unpaired) electrons. The van der Waals surface area contributed by atoms with Crippen LogP contribution in [0.1, 0.15) is 16.1 Å². The molecule has 8 nitrogen and oxygen atoms in total. The minimum Gasteiger partial charge on any atom is -0.452 e. The first-order valence-electron chi connectivity index (χ1n) is 4.88. The Kier molecular flexibility index (Phi) is 4.19. The van der Waals surface area contributed by atoms with E-state index in [1.54, 1.807) is 12.2 Å². The zero-order valence-corrected chi connectivity index (χ0v) is 9.60. The number of imide groups is 1. The highest BCUT2D eigenvalue weighted by Crippen LogP contribution is 2.10. The molecule has 96 valence electrons. The lowest BCUT2D eigenvalue weighted by molar-refractivity contribution is -0.123. The van der Waals surface area contributed by atoms with Crippen LogP contribution in [-0.2, 0) is 9.53 Å². The fraction of sp³-hybridized carbons (Fsp3) is 0.200. The van der Waals surface area contributed by atoms with Gasteiger partial charge in [-0.3, -0.25) is 15.1 Å². The number of nitrogen functional groups attached to an aromatic ring is 1. The first kappa shape index (κ1) is 13.4. The summed E-state index contributed by atoms with van der Waals surface area (Å²) < 4.78 is 4.67. The lowest BCUT2D eigenvalue weighted by Crippen LogP contribution is -2.37. The molecule has 8 heteroatoms. The van der Waals surface area contributed by atoms with Crippen LogP contribution in [0.2, 0.25) is 0 Å². The van der Waals surface area contributed by atoms with Gasteiger partial charge in [0.05, 0.1) is 23.1 Å². The molecule has 1 aromatic heterocycles. The molecule has 1 rings (SSSR count). The Morgan fingerprint density at radius 2 is 2.11 bits per heavy atom. The fourth-order valence-corrected chi connectivity index (χ4v) is 1.14. The van der Waals surface area contributed by atoms with Gasteiger partial charge in [0.2, 0.25) is 0 Å². The molecule has 0 atom stereocenters. The average molecular weight is 252 g/mol. The highest BCUT2D eigenvalue weighted by atomic mass is 16.5. The molecular weight excluding hydrogens is 240 g/mol. The number of aryl methyl sites for hydroxylation is 1. The molecule has 1 aromatic rings. The average Bonchev–Trinajstić information content (AvgIpc) is 2.28. The molecule has 1 heterocycles. The van der Waals surface area contributed by atoms with E-state index in [0.717, 1.165) is 0 Å². The number of carbonyl (C=O) groups excluding carboxylic acids is 3. The second kappa shape index (κ2) is 5.62. The molecule has 0 aliphatic heterocycles. The van der Waals surface area contributed by atoms with E-state index in [9.17, 15) is 14.4 Å². The van der Waals surface area contributed by atoms with Gasteiger partial charge in [0.25, 0.3) is 5.91 Å². The van der Waals surface area contributed by atoms with Crippen molar-refractivity contribution in [3.63, 3.8) is 0 Å². The van der Waals surface area contributed by atoms with Crippen LogP contribution < -0.4 is 16.8 Å². The molecule has 18 heavy (non-hydrogen) atoms. The summed E-state index contributed by atoms with van der Waals surface area (Å²) in [5.41, 5.74) is 11.1. The van der Waals surface area contributed by atoms with Crippen molar-refractivity contribution in [2.24, 2.45) is 5.73 Å². The molecule has 0 fully saturated rings. The number of anilines is 1. The first-order chi connectivity index (χ1) is 8.40. The Labute approximate surface area is 102 Å². The predicted octanol–water partition coefficient (Wildman–Crippen LogP) is -0.676. The Morgan fingerprint density at radius 3 is 2.72 bits per heavy atom. The van der Waals surface area contributed by atoms with Gasteiger partial charge in [0, 0.05) is 0 Å². The standard InChI is InChI=1S/C10H12N4O4/c1-5-7(2-6(11)3-13-5)9(16)18-4-8(15)14-10(12)17/h2-3H,4,11H2,1H3,(H3,12,14,15,17). The van der Waals surface area contributed by atoms with Crippen LogP contribution in [0.4, 0.5) is 10.5 Å². The van der Waals surface area contributed by atoms with E-state index in [1.807, 2.05) is 0 Å². The number of ether oxygens (including phenoxy) is 1. The van der Waals surface area contributed by atoms with Gasteiger partial charge in [-0.25, -0.2) is 9.59 Å². The predicted molar refractivity (Wildman–Crippen MR) is 61.4 cm³/mol. The summed E-state index contributed by atoms with van der Waals surface area (Å²) >= 11 is 0. The molecule has 0 saturated heterocycles. The molecular formula is C10H12N4O4. The van der Waals surface area contributed by atoms with E-state index in [1.165, 1.54) is 12.3 Å². The summed E-state index contributed by atoms with van der Waals surface area (Å²) in [7, 11) is 0. The smallest absolute Gasteiger partial charge is 0.340 e. The SMILES string of the molecule is Cc1ncc(N)cc1C(=O)OCC(=O)NC(N)=O. The Bertz CT molecular complexity index is 501. The van der Waals surface area contributed by atoms with E-state index in [0.29, 0.717) is 11.4 Å². The number of primary amides is 1. The number of nitrogens with one attached hydrogen (secondary N) is 1. The number of amides is 3. The maximum absolute atomic E-state index is 11.6. The van der Waals surface area contributed by atoms with Crippen LogP contribution in [-0.4, -0.2) is 29.5 Å². The summed E-state index contributed by atoms with van der Waals surface area (Å²) in [6.07, 6.45) is 1.39. The summed E-state index contributed by atoms with van der Waals surface area (Å²) in [5.74, 6) is -1.57. The Hall–Kier alpha value is -2.64. The van der Waals surface area contributed by atoms with E-state index < -0.39 is 24.5 Å². The number of hydrogen-bond donors (Lipinski definition) is 3. The van der Waals surface area contributed by atoms with Crippen LogP contribution in [0.5, 0.6) is 0 Å². The molecule has 0 unspecified atom stereocenters. The first-order valence-corrected chi connectivity index (χ1v) is 4.88. The highest BCUT2D eigenvalue weighted by molar-refractivity contribution is 5.97. The lowest BCUT2D eigenvalue weighted by atomic mass is 10.2. The molecule has 0 saturated carbocycles. The van der Waals surface area contributed by atoms with E-state index >= 15 is 0 Å². The lowest BCUT2D eigenvalue weighted by Gasteiger charge is -2.06. The Balaban J connectivity index is 2.63. The van der Waals surface area contributed by atoms with Gasteiger partial charge in [0.1, 0.15) is 0 Å². The summed E-state index contributed by atoms with van der Waals surface area (Å²) in [5, 5.41) is 1.76. The monoisotopic (exact) mass is 252 g/mol. The van der Waals surface area contributed by atoms with Gasteiger partial charge in [-0.2, -0.15) is 0 Å². The number of esters is 1. The van der Waals surface area contributed by atoms with Crippen LogP contribution >= 0.6 is 0 Å². The number of pyridine rings is 1. The van der Waals surface area contributed by atoms with Crippen molar-refractivity contribution in [3.05, 3.63) is 23.5 Å². The number of hydrogen-bond acceptors (Lipinski definition) is 6. The topological polar surface area (TPSA) is 137 Å². The van der Waals surface area contributed by atoms with Crippen molar-refractivity contribution in [2.45, 2.75) is 6.92 Å². The van der Waals surface area contributed by atoms with Crippen molar-refractivity contribution >= 4 is 23.6 Å². The van der Waals surface area contributed by atoms with Crippen LogP contribution in [0.15, 0.2) is 12.3 Å². The van der Waals surface area contributed by atoms with Crippen LogP contribution in [0.3, 0.4) is 0 Å². The third kappa shape index (κ3) is 3.74. The maximum atomic E-state index is 11.6. The Morgan fingerprint density at radius 1 is 1.44 bits per heavy atom. The fourth-order valence-electron chi connectivity index (χ4n) is 1.14. The molecule has 0 aliphatic rings. The van der Waals surface area contributed by atoms with Gasteiger partial charge in [-0.1, -0.05) is 0 Å². The van der Waals surface area contributed by atoms with Gasteiger partial charge >= 0.3 is 12.0 Å². The third-order valence-corrected chi connectivity index (χ3v) is 1.92. The molecule has 0 bridgehead atoms. The minimum atomic E-state index is -1.02. The van der Waals surface area contributed by atoms with Crippen molar-refractivity contribution in [1.29, 1.82) is 0 Å². The number of rotatable bonds is 3. The minimum absolute atomic E-state index is 0.155. The third-order valence-electron chi connectivity index (χ3n) is 1.92. The molecule has 0 spiro atoms. The number of aromatic nitrogens is 1. The van der Waals surface area contributed by atoms with Crippen molar-refractivity contribution < 1.29 is 19.1 Å². The largest absolute Gasteiger partial charge is 0.452 e. The summed E-state index contributed by atoms with van der Waals surface area (Å²) in [6, 6.07) is 0.370. The van der Waals surface area contributed by atoms with E-state index in [-0.39, 0.29) is 5.56 Å². The van der Waals surface area contributed by atoms with Crippen LogP contribution in [0, 0.1) is 6.92 Å². The summed E-state index contributed by atoms with van der Waals surface area (Å²) in [4.78, 5) is 36.8. The molecule has 3 amide bonds. The van der Waals surface area contributed by atoms with Crippen molar-refractivity contribution in [1.82, 2.24) is 10.3 Å². The second-order valence-corrected chi connectivity index (χ2v) is 3.39. The van der Waals surface area contributed by atoms with Crippen LogP contribution in [0.25, 0.3) is 0 Å². The van der Waals surface area contributed by atoms with E-state index in [2.05, 4.69) is 9.72 Å². The van der Waals surface area contributed by atoms with E-state index in [4.69, 9.17) is 11.5 Å². The second-order valence-electron chi connectivity index (χ2n) is 3.39. The maximum Gasteiger partial charge on any atom is 0.340 e. The zero-order chi connectivity index (χ0) is 13.7. The number of nitrogens with zero attached hydrogens (tertiary/aromatic N) is 1. The number of nitrogens with two attached hydrogens (primary N) is 2. The quantitative estimate of drug-likeness (QED) is 0.609. The molecule has 0 aliphatic carbocycles. The molecule has 0 aromatic carbocycles. The number of urea groups is 1. The van der Waals surface area contributed by atoms with Gasteiger partial charge < -0.3 is 16.2 Å². The molecule has 5 N–H and O–H groups in total. The normalized spacial score (nSPS) is 9.61. The van der Waals surface area contributed by atoms with Crippen molar-refractivity contribution in [3.8, 4) is 0 Å². The van der Waals surface area contributed by atoms with Gasteiger partial charge in [-0.05, 0) is 13.0 Å².